The smallest absolute Gasteiger partial charge is 0.244 e. The number of nitrogens with one attached hydrogen (secondary N) is 1. The number of anilines is 2. The summed E-state index contributed by atoms with van der Waals surface area (Å²) in [6, 6.07) is 17.5. The number of para-hydroxylation sites is 1. The van der Waals surface area contributed by atoms with Gasteiger partial charge in [-0.25, -0.2) is 4.98 Å². The van der Waals surface area contributed by atoms with Crippen LogP contribution >= 0.6 is 11.3 Å². The number of aryl methyl sites for hydroxylation is 1. The van der Waals surface area contributed by atoms with Gasteiger partial charge in [0.05, 0.1) is 30.6 Å². The van der Waals surface area contributed by atoms with Gasteiger partial charge < -0.3 is 10.1 Å². The number of hydrogen-bond acceptors (Lipinski definition) is 6. The quantitative estimate of drug-likeness (QED) is 0.476. The average molecular weight is 491 g/mol. The molecule has 1 aliphatic heterocycles. The molecule has 0 saturated carbocycles. The van der Waals surface area contributed by atoms with E-state index in [4.69, 9.17) is 4.74 Å². The third kappa shape index (κ3) is 6.85. The Morgan fingerprint density at radius 1 is 1.14 bits per heavy atom. The average Bonchev–Trinajstić information content (AvgIpc) is 3.32. The van der Waals surface area contributed by atoms with Crippen LogP contribution in [0.3, 0.4) is 0 Å². The lowest BCUT2D eigenvalue weighted by Gasteiger charge is -2.31. The first-order valence-corrected chi connectivity index (χ1v) is 12.5. The highest BCUT2D eigenvalue weighted by molar-refractivity contribution is 7.14. The minimum absolute atomic E-state index is 0.122. The number of morpholine rings is 1. The van der Waals surface area contributed by atoms with Crippen molar-refractivity contribution in [1.29, 1.82) is 0 Å². The predicted octanol–water partition coefficient (Wildman–Crippen LogP) is 4.34. The van der Waals surface area contributed by atoms with Gasteiger partial charge in [-0.15, -0.1) is 11.3 Å². The molecule has 2 heterocycles. The topological polar surface area (TPSA) is 74.8 Å². The van der Waals surface area contributed by atoms with Crippen molar-refractivity contribution in [2.24, 2.45) is 0 Å². The normalized spacial score (nSPS) is 15.1. The molecule has 1 atom stereocenters. The molecule has 4 rings (SSSR count). The zero-order valence-electron chi connectivity index (χ0n) is 20.0. The first-order valence-electron chi connectivity index (χ1n) is 11.7. The molecule has 0 bridgehead atoms. The van der Waals surface area contributed by atoms with E-state index < -0.39 is 0 Å². The second kappa shape index (κ2) is 11.9. The standard InChI is InChI=1S/C27H30N4O3S/c1-20-8-10-22(11-9-20)25(18-30-14-16-34-17-15-30)29-26(33)13-12-23-19-35-27(28-23)31(21(2)32)24-6-4-3-5-7-24/h3-13,19,25H,14-18H2,1-2H3,(H,29,33)/b13-12+. The molecule has 1 unspecified atom stereocenters. The van der Waals surface area contributed by atoms with E-state index in [2.05, 4.69) is 46.4 Å². The molecule has 1 saturated heterocycles. The molecule has 0 aliphatic carbocycles. The molecule has 182 valence electrons. The SMILES string of the molecule is CC(=O)N(c1ccccc1)c1nc(/C=C/C(=O)NC(CN2CCOCC2)c2ccc(C)cc2)cs1. The monoisotopic (exact) mass is 490 g/mol. The van der Waals surface area contributed by atoms with Gasteiger partial charge in [0, 0.05) is 38.0 Å². The number of nitrogens with zero attached hydrogens (tertiary/aromatic N) is 3. The lowest BCUT2D eigenvalue weighted by Crippen LogP contribution is -2.42. The highest BCUT2D eigenvalue weighted by Crippen LogP contribution is 2.29. The van der Waals surface area contributed by atoms with Gasteiger partial charge in [0.2, 0.25) is 11.8 Å². The Balaban J connectivity index is 1.45. The first-order chi connectivity index (χ1) is 17.0. The van der Waals surface area contributed by atoms with Crippen molar-refractivity contribution in [3.05, 3.63) is 82.9 Å². The number of carbonyl (C=O) groups is 2. The van der Waals surface area contributed by atoms with Gasteiger partial charge in [0.15, 0.2) is 5.13 Å². The number of aromatic nitrogens is 1. The Morgan fingerprint density at radius 2 is 1.86 bits per heavy atom. The van der Waals surface area contributed by atoms with E-state index >= 15 is 0 Å². The molecular weight excluding hydrogens is 460 g/mol. The van der Waals surface area contributed by atoms with Gasteiger partial charge in [-0.05, 0) is 30.7 Å². The molecular formula is C27H30N4O3S. The van der Waals surface area contributed by atoms with Crippen LogP contribution in [0.25, 0.3) is 6.08 Å². The number of carbonyl (C=O) groups excluding carboxylic acids is 2. The van der Waals surface area contributed by atoms with Gasteiger partial charge in [0.25, 0.3) is 0 Å². The molecule has 3 aromatic rings. The van der Waals surface area contributed by atoms with E-state index in [0.717, 1.165) is 30.9 Å². The summed E-state index contributed by atoms with van der Waals surface area (Å²) in [5, 5.41) is 5.55. The van der Waals surface area contributed by atoms with Crippen molar-refractivity contribution in [3.8, 4) is 0 Å². The van der Waals surface area contributed by atoms with E-state index in [-0.39, 0.29) is 17.9 Å². The predicted molar refractivity (Wildman–Crippen MR) is 140 cm³/mol. The molecule has 0 radical (unpaired) electrons. The largest absolute Gasteiger partial charge is 0.379 e. The van der Waals surface area contributed by atoms with Crippen LogP contribution in [0, 0.1) is 6.92 Å². The molecule has 1 fully saturated rings. The summed E-state index contributed by atoms with van der Waals surface area (Å²) in [6.07, 6.45) is 3.18. The Bertz CT molecular complexity index is 1150. The molecule has 35 heavy (non-hydrogen) atoms. The van der Waals surface area contributed by atoms with E-state index in [1.165, 1.54) is 29.9 Å². The summed E-state index contributed by atoms with van der Waals surface area (Å²) in [5.41, 5.74) is 3.63. The van der Waals surface area contributed by atoms with Crippen molar-refractivity contribution >= 4 is 40.0 Å². The van der Waals surface area contributed by atoms with Gasteiger partial charge >= 0.3 is 0 Å². The van der Waals surface area contributed by atoms with Gasteiger partial charge in [0.1, 0.15) is 0 Å². The third-order valence-corrected chi connectivity index (χ3v) is 6.62. The second-order valence-electron chi connectivity index (χ2n) is 8.46. The van der Waals surface area contributed by atoms with Gasteiger partial charge in [-0.2, -0.15) is 0 Å². The first kappa shape index (κ1) is 24.8. The van der Waals surface area contributed by atoms with Crippen molar-refractivity contribution in [2.75, 3.05) is 37.7 Å². The molecule has 0 spiro atoms. The Morgan fingerprint density at radius 3 is 2.54 bits per heavy atom. The zero-order chi connectivity index (χ0) is 24.6. The van der Waals surface area contributed by atoms with Crippen LogP contribution in [0.1, 0.15) is 29.8 Å². The zero-order valence-corrected chi connectivity index (χ0v) is 20.8. The Labute approximate surface area is 210 Å². The van der Waals surface area contributed by atoms with Gasteiger partial charge in [-0.3, -0.25) is 19.4 Å². The summed E-state index contributed by atoms with van der Waals surface area (Å²) in [5.74, 6) is -0.312. The number of hydrogen-bond donors (Lipinski definition) is 1. The molecule has 1 N–H and O–H groups in total. The number of thiazole rings is 1. The van der Waals surface area contributed by atoms with Crippen LogP contribution in [0.15, 0.2) is 66.1 Å². The van der Waals surface area contributed by atoms with Crippen LogP contribution in [0.5, 0.6) is 0 Å². The van der Waals surface area contributed by atoms with Crippen LogP contribution in [-0.4, -0.2) is 54.5 Å². The number of amides is 2. The fourth-order valence-electron chi connectivity index (χ4n) is 3.92. The second-order valence-corrected chi connectivity index (χ2v) is 9.30. The van der Waals surface area contributed by atoms with E-state index in [1.807, 2.05) is 35.7 Å². The third-order valence-electron chi connectivity index (χ3n) is 5.78. The summed E-state index contributed by atoms with van der Waals surface area (Å²) in [4.78, 5) is 33.5. The number of benzene rings is 2. The maximum Gasteiger partial charge on any atom is 0.244 e. The molecule has 2 aromatic carbocycles. The maximum atomic E-state index is 12.8. The van der Waals surface area contributed by atoms with Crippen molar-refractivity contribution in [1.82, 2.24) is 15.2 Å². The van der Waals surface area contributed by atoms with Crippen LogP contribution in [0.4, 0.5) is 10.8 Å². The minimum Gasteiger partial charge on any atom is -0.379 e. The minimum atomic E-state index is -0.190. The highest BCUT2D eigenvalue weighted by Gasteiger charge is 2.20. The molecule has 8 heteroatoms. The number of ether oxygens (including phenoxy) is 1. The van der Waals surface area contributed by atoms with E-state index in [1.54, 1.807) is 11.0 Å². The number of rotatable bonds is 8. The van der Waals surface area contributed by atoms with Crippen molar-refractivity contribution in [3.63, 3.8) is 0 Å². The summed E-state index contributed by atoms with van der Waals surface area (Å²) in [7, 11) is 0. The van der Waals surface area contributed by atoms with Gasteiger partial charge in [-0.1, -0.05) is 48.0 Å². The maximum absolute atomic E-state index is 12.8. The molecule has 2 amide bonds. The lowest BCUT2D eigenvalue weighted by molar-refractivity contribution is -0.117. The summed E-state index contributed by atoms with van der Waals surface area (Å²) >= 11 is 1.36. The summed E-state index contributed by atoms with van der Waals surface area (Å²) < 4.78 is 5.46. The fourth-order valence-corrected chi connectivity index (χ4v) is 4.77. The Kier molecular flexibility index (Phi) is 8.41. The van der Waals surface area contributed by atoms with E-state index in [0.29, 0.717) is 24.0 Å². The fraction of sp³-hybridized carbons (Fsp3) is 0.296. The molecule has 1 aromatic heterocycles. The van der Waals surface area contributed by atoms with Crippen molar-refractivity contribution < 1.29 is 14.3 Å². The highest BCUT2D eigenvalue weighted by atomic mass is 32.1. The Hall–Kier alpha value is -3.33. The lowest BCUT2D eigenvalue weighted by atomic mass is 10.0. The van der Waals surface area contributed by atoms with Crippen LogP contribution < -0.4 is 10.2 Å². The van der Waals surface area contributed by atoms with Crippen LogP contribution in [-0.2, 0) is 14.3 Å². The molecule has 1 aliphatic rings. The van der Waals surface area contributed by atoms with E-state index in [9.17, 15) is 9.59 Å². The van der Waals surface area contributed by atoms with Crippen LogP contribution in [0.2, 0.25) is 0 Å². The molecule has 7 nitrogen and oxygen atoms in total. The summed E-state index contributed by atoms with van der Waals surface area (Å²) in [6.45, 7) is 7.40. The van der Waals surface area contributed by atoms with Crippen molar-refractivity contribution in [2.45, 2.75) is 19.9 Å².